The fourth-order valence-electron chi connectivity index (χ4n) is 4.23. The molecule has 0 saturated carbocycles. The quantitative estimate of drug-likeness (QED) is 0.349. The molecule has 176 valence electrons. The average molecular weight is 473 g/mol. The average Bonchev–Trinajstić information content (AvgIpc) is 3.51. The van der Waals surface area contributed by atoms with Crippen molar-refractivity contribution >= 4 is 39.4 Å². The molecule has 1 aliphatic rings. The molecule has 6 rings (SSSR count). The fraction of sp³-hybridized carbons (Fsp3) is 0.174. The van der Waals surface area contributed by atoms with E-state index >= 15 is 0 Å². The highest BCUT2D eigenvalue weighted by molar-refractivity contribution is 6.05. The van der Waals surface area contributed by atoms with E-state index in [1.807, 2.05) is 0 Å². The molecular weight excluding hydrogens is 454 g/mol. The number of hydrogen-bond donors (Lipinski definition) is 3. The molecule has 1 fully saturated rings. The number of morpholine rings is 1. The normalized spacial score (nSPS) is 17.3. The monoisotopic (exact) mass is 473 g/mol. The number of nitrogen functional groups attached to an aromatic ring is 1. The summed E-state index contributed by atoms with van der Waals surface area (Å²) in [6.07, 6.45) is 2.30. The molecule has 1 aromatic carbocycles. The zero-order valence-electron chi connectivity index (χ0n) is 18.2. The van der Waals surface area contributed by atoms with Crippen molar-refractivity contribution in [3.8, 4) is 5.69 Å². The fourth-order valence-corrected chi connectivity index (χ4v) is 4.23. The molecule has 4 N–H and O–H groups in total. The summed E-state index contributed by atoms with van der Waals surface area (Å²) in [6.45, 7) is 0.442. The minimum Gasteiger partial charge on any atom is -0.383 e. The molecule has 1 saturated heterocycles. The number of rotatable bonds is 4. The lowest BCUT2D eigenvalue weighted by Crippen LogP contribution is -2.50. The number of H-pyrrole nitrogens is 1. The van der Waals surface area contributed by atoms with Crippen LogP contribution in [0.15, 0.2) is 64.3 Å². The van der Waals surface area contributed by atoms with Crippen molar-refractivity contribution in [2.45, 2.75) is 12.2 Å². The number of amides is 1. The summed E-state index contributed by atoms with van der Waals surface area (Å²) < 4.78 is 12.6. The van der Waals surface area contributed by atoms with Crippen molar-refractivity contribution in [1.82, 2.24) is 24.9 Å². The van der Waals surface area contributed by atoms with Gasteiger partial charge in [-0.15, -0.1) is 5.10 Å². The Hall–Kier alpha value is -4.55. The van der Waals surface area contributed by atoms with Crippen LogP contribution in [0.3, 0.4) is 0 Å². The number of aliphatic hydroxyl groups is 1. The van der Waals surface area contributed by atoms with Crippen molar-refractivity contribution in [2.75, 3.05) is 23.8 Å². The Morgan fingerprint density at radius 3 is 2.83 bits per heavy atom. The summed E-state index contributed by atoms with van der Waals surface area (Å²) in [4.78, 5) is 36.0. The van der Waals surface area contributed by atoms with Crippen molar-refractivity contribution in [3.05, 3.63) is 70.9 Å². The van der Waals surface area contributed by atoms with E-state index < -0.39 is 23.5 Å². The number of aliphatic hydroxyl groups excluding tert-OH is 1. The second-order valence-corrected chi connectivity index (χ2v) is 8.05. The summed E-state index contributed by atoms with van der Waals surface area (Å²) in [5.41, 5.74) is 6.79. The van der Waals surface area contributed by atoms with Gasteiger partial charge in [-0.2, -0.15) is 0 Å². The molecule has 1 amide bonds. The summed E-state index contributed by atoms with van der Waals surface area (Å²) in [7, 11) is 0. The number of anilines is 2. The first-order valence-corrected chi connectivity index (χ1v) is 10.8. The van der Waals surface area contributed by atoms with Crippen LogP contribution in [0.25, 0.3) is 27.6 Å². The maximum atomic E-state index is 13.3. The highest BCUT2D eigenvalue weighted by Gasteiger charge is 2.38. The Labute approximate surface area is 196 Å². The van der Waals surface area contributed by atoms with Crippen LogP contribution in [-0.4, -0.2) is 55.2 Å². The van der Waals surface area contributed by atoms with Gasteiger partial charge in [-0.3, -0.25) is 19.5 Å². The Morgan fingerprint density at radius 1 is 1.17 bits per heavy atom. The first-order chi connectivity index (χ1) is 17.0. The van der Waals surface area contributed by atoms with Gasteiger partial charge in [-0.1, -0.05) is 0 Å². The van der Waals surface area contributed by atoms with Gasteiger partial charge >= 0.3 is 0 Å². The van der Waals surface area contributed by atoms with Gasteiger partial charge < -0.3 is 20.1 Å². The van der Waals surface area contributed by atoms with Gasteiger partial charge in [0.1, 0.15) is 11.9 Å². The number of nitrogens with one attached hydrogen (secondary N) is 1. The molecule has 12 nitrogen and oxygen atoms in total. The van der Waals surface area contributed by atoms with Crippen LogP contribution in [0.4, 0.5) is 11.6 Å². The van der Waals surface area contributed by atoms with Crippen LogP contribution < -0.4 is 16.1 Å². The number of aromatic amines is 1. The molecule has 0 spiro atoms. The molecular formula is C23H19N7O5. The Morgan fingerprint density at radius 2 is 2.00 bits per heavy atom. The number of benzene rings is 1. The molecule has 1 aliphatic heterocycles. The van der Waals surface area contributed by atoms with Crippen LogP contribution in [-0.2, 0) is 9.53 Å². The summed E-state index contributed by atoms with van der Waals surface area (Å²) >= 11 is 0. The van der Waals surface area contributed by atoms with Gasteiger partial charge in [0, 0.05) is 30.7 Å². The number of nitrogens with two attached hydrogens (primary N) is 1. The minimum atomic E-state index is -1.46. The first-order valence-electron chi connectivity index (χ1n) is 10.8. The van der Waals surface area contributed by atoms with E-state index in [-0.39, 0.29) is 35.6 Å². The van der Waals surface area contributed by atoms with Gasteiger partial charge in [0.15, 0.2) is 22.9 Å². The second-order valence-electron chi connectivity index (χ2n) is 8.05. The number of carbonyl (C=O) groups is 1. The third-order valence-corrected chi connectivity index (χ3v) is 5.95. The van der Waals surface area contributed by atoms with E-state index in [0.29, 0.717) is 16.7 Å². The van der Waals surface area contributed by atoms with Crippen molar-refractivity contribution < 1.29 is 19.2 Å². The number of carbonyl (C=O) groups excluding carboxylic acids is 1. The largest absolute Gasteiger partial charge is 0.383 e. The van der Waals surface area contributed by atoms with Crippen LogP contribution in [0.1, 0.15) is 11.8 Å². The number of fused-ring (bicyclic) bond motifs is 3. The van der Waals surface area contributed by atoms with E-state index in [1.165, 1.54) is 11.0 Å². The van der Waals surface area contributed by atoms with Crippen LogP contribution in [0.5, 0.6) is 0 Å². The zero-order valence-corrected chi connectivity index (χ0v) is 18.2. The van der Waals surface area contributed by atoms with Gasteiger partial charge in [-0.25, -0.2) is 14.8 Å². The number of pyridine rings is 2. The van der Waals surface area contributed by atoms with Gasteiger partial charge in [-0.05, 0) is 24.3 Å². The molecule has 5 aromatic rings. The van der Waals surface area contributed by atoms with Gasteiger partial charge in [0.2, 0.25) is 0 Å². The standard InChI is InChI=1S/C23H19N7O5/c24-22-13-1-2-14-18(20(13)35-28-22)16(31)11-15(26-14)19(32)21-23(33)29(9-10-34-21)17-5-8-30(27-17)12-3-6-25-7-4-12/h1-8,11,19,21,28,32H,9-10,24H2/t19-,21?/m0/s1. The van der Waals surface area contributed by atoms with E-state index in [4.69, 9.17) is 15.0 Å². The third-order valence-electron chi connectivity index (χ3n) is 5.95. The molecule has 1 unspecified atom stereocenters. The van der Waals surface area contributed by atoms with E-state index in [2.05, 4.69) is 20.2 Å². The molecule has 2 atom stereocenters. The molecule has 12 heteroatoms. The molecule has 0 aliphatic carbocycles. The van der Waals surface area contributed by atoms with E-state index in [0.717, 1.165) is 5.69 Å². The predicted octanol–water partition coefficient (Wildman–Crippen LogP) is 1.30. The summed E-state index contributed by atoms with van der Waals surface area (Å²) in [5.74, 6) is 0.220. The topological polar surface area (TPSA) is 165 Å². The summed E-state index contributed by atoms with van der Waals surface area (Å²) in [5, 5.41) is 18.8. The number of ether oxygens (including phenoxy) is 1. The third kappa shape index (κ3) is 3.43. The molecule has 4 aromatic heterocycles. The Balaban J connectivity index is 1.31. The highest BCUT2D eigenvalue weighted by atomic mass is 16.5. The maximum Gasteiger partial charge on any atom is 0.260 e. The Bertz CT molecular complexity index is 1620. The van der Waals surface area contributed by atoms with Crippen molar-refractivity contribution in [1.29, 1.82) is 0 Å². The lowest BCUT2D eigenvalue weighted by molar-refractivity contribution is -0.143. The molecule has 0 radical (unpaired) electrons. The lowest BCUT2D eigenvalue weighted by atomic mass is 10.0. The summed E-state index contributed by atoms with van der Waals surface area (Å²) in [6, 6.07) is 9.74. The second kappa shape index (κ2) is 8.04. The predicted molar refractivity (Wildman–Crippen MR) is 125 cm³/mol. The minimum absolute atomic E-state index is 0.0212. The lowest BCUT2D eigenvalue weighted by Gasteiger charge is -2.33. The Kier molecular flexibility index (Phi) is 4.83. The number of hydrogen-bond acceptors (Lipinski definition) is 9. The number of aromatic nitrogens is 5. The highest BCUT2D eigenvalue weighted by Crippen LogP contribution is 2.29. The molecule has 0 bridgehead atoms. The first kappa shape index (κ1) is 21.0. The van der Waals surface area contributed by atoms with Gasteiger partial charge in [0.05, 0.1) is 40.8 Å². The number of nitrogens with zero attached hydrogens (tertiary/aromatic N) is 5. The SMILES string of the molecule is Nc1[nH]oc2c1ccc1nc([C@H](O)C3OCCN(c4ccn(-c5ccncc5)n4)C3=O)cc(=O)c12. The molecule has 5 heterocycles. The van der Waals surface area contributed by atoms with Crippen molar-refractivity contribution in [3.63, 3.8) is 0 Å². The maximum absolute atomic E-state index is 13.3. The zero-order chi connectivity index (χ0) is 24.1. The van der Waals surface area contributed by atoms with Crippen LogP contribution in [0, 0.1) is 0 Å². The smallest absolute Gasteiger partial charge is 0.260 e. The van der Waals surface area contributed by atoms with Crippen LogP contribution in [0.2, 0.25) is 0 Å². The van der Waals surface area contributed by atoms with Crippen molar-refractivity contribution in [2.24, 2.45) is 0 Å². The van der Waals surface area contributed by atoms with E-state index in [1.54, 1.807) is 53.6 Å². The van der Waals surface area contributed by atoms with E-state index in [9.17, 15) is 14.7 Å². The molecule has 35 heavy (non-hydrogen) atoms. The van der Waals surface area contributed by atoms with Crippen LogP contribution >= 0.6 is 0 Å². The van der Waals surface area contributed by atoms with Gasteiger partial charge in [0.25, 0.3) is 5.91 Å².